The van der Waals surface area contributed by atoms with Crippen LogP contribution in [-0.4, -0.2) is 18.4 Å². The van der Waals surface area contributed by atoms with Crippen molar-refractivity contribution < 1.29 is 44.3 Å². The summed E-state index contributed by atoms with van der Waals surface area (Å²) in [5, 5.41) is 3.06. The van der Waals surface area contributed by atoms with Crippen LogP contribution in [0.5, 0.6) is 0 Å². The maximum Gasteiger partial charge on any atom is 0.416 e. The van der Waals surface area contributed by atoms with Crippen molar-refractivity contribution in [3.8, 4) is 0 Å². The first-order valence-electron chi connectivity index (χ1n) is 8.99. The minimum Gasteiger partial charge on any atom is -0.307 e. The minimum atomic E-state index is -4.95. The van der Waals surface area contributed by atoms with Crippen LogP contribution in [0.25, 0.3) is 0 Å². The highest BCUT2D eigenvalue weighted by molar-refractivity contribution is 6.30. The summed E-state index contributed by atoms with van der Waals surface area (Å²) in [6.45, 7) is 0.515. The number of hydrogen-bond acceptors (Lipinski definition) is 2. The van der Waals surface area contributed by atoms with Crippen molar-refractivity contribution in [1.82, 2.24) is 5.32 Å². The average Bonchev–Trinajstić information content (AvgIpc) is 3.20. The summed E-state index contributed by atoms with van der Waals surface area (Å²) in [6.07, 6.45) is -13.1. The molecule has 1 atom stereocenters. The summed E-state index contributed by atoms with van der Waals surface area (Å²) in [6, 6.07) is 4.54. The molecule has 2 nitrogen and oxygen atoms in total. The van der Waals surface area contributed by atoms with Crippen molar-refractivity contribution in [2.75, 3.05) is 6.54 Å². The molecular weight excluding hydrogens is 477 g/mol. The molecule has 1 saturated heterocycles. The Morgan fingerprint density at radius 1 is 0.781 bits per heavy atom. The standard InChI is InChI=1S/C13H11F6NO.C7H4ClF3/c14-12(15,16)8-4-7(5-9(6-8)13(17,18)19)11(21)10-2-1-3-20-10;8-6-3-1-5(2-4-6)7(9,10)11/h4-6,10,20H,1-3H2;1-4H. The van der Waals surface area contributed by atoms with Gasteiger partial charge in [-0.1, -0.05) is 11.6 Å². The second-order valence-corrected chi connectivity index (χ2v) is 7.25. The predicted molar refractivity (Wildman–Crippen MR) is 98.3 cm³/mol. The normalized spacial score (nSPS) is 17.0. The molecule has 3 rings (SSSR count). The Morgan fingerprint density at radius 2 is 1.25 bits per heavy atom. The Balaban J connectivity index is 0.000000278. The third-order valence-electron chi connectivity index (χ3n) is 4.42. The van der Waals surface area contributed by atoms with Gasteiger partial charge in [-0.05, 0) is 61.9 Å². The molecule has 1 unspecified atom stereocenters. The Labute approximate surface area is 181 Å². The van der Waals surface area contributed by atoms with E-state index >= 15 is 0 Å². The number of carbonyl (C=O) groups is 1. The van der Waals surface area contributed by atoms with Crippen molar-refractivity contribution in [2.24, 2.45) is 0 Å². The van der Waals surface area contributed by atoms with Crippen molar-refractivity contribution in [3.05, 3.63) is 69.7 Å². The topological polar surface area (TPSA) is 29.1 Å². The van der Waals surface area contributed by atoms with Crippen LogP contribution in [-0.2, 0) is 18.5 Å². The molecule has 32 heavy (non-hydrogen) atoms. The number of benzene rings is 2. The van der Waals surface area contributed by atoms with Crippen LogP contribution in [0, 0.1) is 0 Å². The van der Waals surface area contributed by atoms with Crippen molar-refractivity contribution >= 4 is 17.4 Å². The summed E-state index contributed by atoms with van der Waals surface area (Å²) < 4.78 is 112. The molecule has 0 aromatic heterocycles. The molecule has 0 aliphatic carbocycles. The van der Waals surface area contributed by atoms with Gasteiger partial charge >= 0.3 is 18.5 Å². The number of alkyl halides is 9. The minimum absolute atomic E-state index is 0.0128. The molecule has 2 aromatic carbocycles. The largest absolute Gasteiger partial charge is 0.416 e. The number of carbonyl (C=O) groups excluding carboxylic acids is 1. The van der Waals surface area contributed by atoms with Gasteiger partial charge in [-0.25, -0.2) is 0 Å². The molecule has 1 aliphatic rings. The van der Waals surface area contributed by atoms with Gasteiger partial charge in [0.25, 0.3) is 0 Å². The van der Waals surface area contributed by atoms with Crippen molar-refractivity contribution in [3.63, 3.8) is 0 Å². The van der Waals surface area contributed by atoms with Crippen molar-refractivity contribution in [1.29, 1.82) is 0 Å². The first-order chi connectivity index (χ1) is 14.6. The molecular formula is C20H15ClF9NO. The summed E-state index contributed by atoms with van der Waals surface area (Å²) in [7, 11) is 0. The molecule has 0 saturated carbocycles. The van der Waals surface area contributed by atoms with Gasteiger partial charge in [0.05, 0.1) is 22.7 Å². The molecule has 0 bridgehead atoms. The number of hydrogen-bond donors (Lipinski definition) is 1. The molecule has 1 aliphatic heterocycles. The quantitative estimate of drug-likeness (QED) is 0.361. The van der Waals surface area contributed by atoms with Crippen LogP contribution >= 0.6 is 11.6 Å². The maximum atomic E-state index is 12.7. The monoisotopic (exact) mass is 491 g/mol. The van der Waals surface area contributed by atoms with E-state index in [1.54, 1.807) is 0 Å². The SMILES string of the molecule is FC(F)(F)c1ccc(Cl)cc1.O=C(c1cc(C(F)(F)F)cc(C(F)(F)F)c1)C1CCCN1. The van der Waals surface area contributed by atoms with Crippen LogP contribution in [0.4, 0.5) is 39.5 Å². The first kappa shape index (κ1) is 26.0. The number of rotatable bonds is 2. The molecule has 1 fully saturated rings. The molecule has 0 spiro atoms. The van der Waals surface area contributed by atoms with E-state index in [2.05, 4.69) is 5.32 Å². The summed E-state index contributed by atoms with van der Waals surface area (Å²) in [5.74, 6) is -0.746. The maximum absolute atomic E-state index is 12.7. The van der Waals surface area contributed by atoms with E-state index in [0.29, 0.717) is 36.5 Å². The zero-order valence-corrected chi connectivity index (χ0v) is 16.7. The van der Waals surface area contributed by atoms with Gasteiger partial charge in [0.15, 0.2) is 5.78 Å². The van der Waals surface area contributed by atoms with Gasteiger partial charge in [0, 0.05) is 10.6 Å². The number of ketones is 1. The van der Waals surface area contributed by atoms with Crippen LogP contribution in [0.15, 0.2) is 42.5 Å². The van der Waals surface area contributed by atoms with Gasteiger partial charge in [0.1, 0.15) is 0 Å². The van der Waals surface area contributed by atoms with Crippen LogP contribution in [0.3, 0.4) is 0 Å². The van der Waals surface area contributed by atoms with Gasteiger partial charge in [-0.15, -0.1) is 0 Å². The second kappa shape index (κ2) is 9.70. The summed E-state index contributed by atoms with van der Waals surface area (Å²) in [5.41, 5.74) is -4.20. The van der Waals surface area contributed by atoms with E-state index in [1.807, 2.05) is 0 Å². The fourth-order valence-electron chi connectivity index (χ4n) is 2.85. The predicted octanol–water partition coefficient (Wildman–Crippen LogP) is 7.02. The molecule has 2 aromatic rings. The molecule has 176 valence electrons. The molecule has 0 amide bonds. The van der Waals surface area contributed by atoms with E-state index < -0.39 is 52.6 Å². The third-order valence-corrected chi connectivity index (χ3v) is 4.67. The van der Waals surface area contributed by atoms with E-state index in [4.69, 9.17) is 11.6 Å². The Morgan fingerprint density at radius 3 is 1.62 bits per heavy atom. The zero-order valence-electron chi connectivity index (χ0n) is 15.9. The van der Waals surface area contributed by atoms with Crippen LogP contribution in [0.1, 0.15) is 39.9 Å². The van der Waals surface area contributed by atoms with Gasteiger partial charge in [0.2, 0.25) is 0 Å². The third kappa shape index (κ3) is 7.13. The number of Topliss-reactive ketones (excluding diaryl/α,β-unsaturated/α-hetero) is 1. The van der Waals surface area contributed by atoms with E-state index in [1.165, 1.54) is 12.1 Å². The lowest BCUT2D eigenvalue weighted by Crippen LogP contribution is -2.31. The number of halogens is 10. The highest BCUT2D eigenvalue weighted by Gasteiger charge is 2.38. The molecule has 0 radical (unpaired) electrons. The molecule has 12 heteroatoms. The van der Waals surface area contributed by atoms with E-state index in [-0.39, 0.29) is 6.07 Å². The average molecular weight is 492 g/mol. The van der Waals surface area contributed by atoms with Gasteiger partial charge in [-0.3, -0.25) is 4.79 Å². The second-order valence-electron chi connectivity index (χ2n) is 6.81. The van der Waals surface area contributed by atoms with E-state index in [9.17, 15) is 44.3 Å². The summed E-state index contributed by atoms with van der Waals surface area (Å²) >= 11 is 5.39. The first-order valence-corrected chi connectivity index (χ1v) is 9.36. The highest BCUT2D eigenvalue weighted by atomic mass is 35.5. The number of nitrogens with one attached hydrogen (secondary N) is 1. The van der Waals surface area contributed by atoms with Gasteiger partial charge < -0.3 is 5.32 Å². The zero-order chi connectivity index (χ0) is 24.3. The molecule has 1 heterocycles. The van der Waals surface area contributed by atoms with Crippen LogP contribution < -0.4 is 5.32 Å². The Bertz CT molecular complexity index is 896. The van der Waals surface area contributed by atoms with E-state index in [0.717, 1.165) is 12.1 Å². The highest BCUT2D eigenvalue weighted by Crippen LogP contribution is 2.36. The lowest BCUT2D eigenvalue weighted by molar-refractivity contribution is -0.143. The van der Waals surface area contributed by atoms with Crippen LogP contribution in [0.2, 0.25) is 5.02 Å². The smallest absolute Gasteiger partial charge is 0.307 e. The molecule has 1 N–H and O–H groups in total. The summed E-state index contributed by atoms with van der Waals surface area (Å²) in [4.78, 5) is 12.0. The lowest BCUT2D eigenvalue weighted by atomic mass is 9.97. The van der Waals surface area contributed by atoms with Crippen molar-refractivity contribution in [2.45, 2.75) is 37.4 Å². The van der Waals surface area contributed by atoms with Gasteiger partial charge in [-0.2, -0.15) is 39.5 Å². The Hall–Kier alpha value is -2.27. The fraction of sp³-hybridized carbons (Fsp3) is 0.350. The fourth-order valence-corrected chi connectivity index (χ4v) is 2.97. The lowest BCUT2D eigenvalue weighted by Gasteiger charge is -2.15. The Kier molecular flexibility index (Phi) is 7.87.